The van der Waals surface area contributed by atoms with Crippen LogP contribution in [0.15, 0.2) is 48.5 Å². The molecule has 0 heterocycles. The zero-order chi connectivity index (χ0) is 20.6. The van der Waals surface area contributed by atoms with Crippen molar-refractivity contribution in [2.24, 2.45) is 5.92 Å². The molecule has 1 amide bonds. The maximum Gasteiger partial charge on any atom is 0.407 e. The number of halogens is 2. The Bertz CT molecular complexity index is 900. The number of rotatable bonds is 7. The Morgan fingerprint density at radius 3 is 2.17 bits per heavy atom. The van der Waals surface area contributed by atoms with E-state index in [0.717, 1.165) is 22.3 Å². The second-order valence-electron chi connectivity index (χ2n) is 7.60. The van der Waals surface area contributed by atoms with Gasteiger partial charge in [0.05, 0.1) is 0 Å². The molecule has 29 heavy (non-hydrogen) atoms. The van der Waals surface area contributed by atoms with Crippen LogP contribution < -0.4 is 5.32 Å². The molecule has 2 N–H and O–H groups in total. The van der Waals surface area contributed by atoms with Gasteiger partial charge in [-0.3, -0.25) is 0 Å². The van der Waals surface area contributed by atoms with E-state index in [0.29, 0.717) is 0 Å². The van der Waals surface area contributed by atoms with Crippen molar-refractivity contribution in [3.63, 3.8) is 0 Å². The van der Waals surface area contributed by atoms with Gasteiger partial charge in [0.2, 0.25) is 0 Å². The molecule has 0 spiro atoms. The molecule has 1 fully saturated rings. The highest BCUT2D eigenvalue weighted by atomic mass is 19.3. The number of hydrogen-bond donors (Lipinski definition) is 2. The minimum atomic E-state index is -2.70. The number of fused-ring (bicyclic) bond motifs is 3. The number of alkyl halides is 2. The number of hydrogen-bond acceptors (Lipinski definition) is 3. The number of ether oxygens (including phenoxy) is 1. The Hall–Kier alpha value is -2.96. The van der Waals surface area contributed by atoms with Crippen molar-refractivity contribution in [3.05, 3.63) is 59.7 Å². The fraction of sp³-hybridized carbons (Fsp3) is 0.364. The molecular weight excluding hydrogens is 380 g/mol. The predicted octanol–water partition coefficient (Wildman–Crippen LogP) is 4.41. The van der Waals surface area contributed by atoms with Gasteiger partial charge >= 0.3 is 12.1 Å². The Morgan fingerprint density at radius 1 is 1.10 bits per heavy atom. The second kappa shape index (κ2) is 7.46. The summed E-state index contributed by atoms with van der Waals surface area (Å²) in [5.41, 5.74) is 4.27. The lowest BCUT2D eigenvalue weighted by Gasteiger charge is -2.17. The third-order valence-corrected chi connectivity index (χ3v) is 5.69. The maximum atomic E-state index is 13.0. The third kappa shape index (κ3) is 3.95. The molecule has 0 radical (unpaired) electrons. The molecular formula is C22H21F2NO4. The van der Waals surface area contributed by atoms with Crippen LogP contribution in [0.3, 0.4) is 0 Å². The first kappa shape index (κ1) is 19.4. The van der Waals surface area contributed by atoms with E-state index in [4.69, 9.17) is 4.74 Å². The van der Waals surface area contributed by atoms with Gasteiger partial charge in [-0.05, 0) is 35.1 Å². The number of carbonyl (C=O) groups is 2. The van der Waals surface area contributed by atoms with Gasteiger partial charge in [0, 0.05) is 18.3 Å². The zero-order valence-electron chi connectivity index (χ0n) is 15.6. The summed E-state index contributed by atoms with van der Waals surface area (Å²) in [4.78, 5) is 23.5. The standard InChI is InChI=1S/C22H21F2NO4/c23-22(24)11-13(22)9-10-19(20(26)27)25-21(28)29-12-18-16-7-3-1-5-14(16)15-6-2-4-8-17(15)18/h1-8,13,18-19H,9-12H2,(H,25,28)(H,26,27). The van der Waals surface area contributed by atoms with Gasteiger partial charge in [0.15, 0.2) is 0 Å². The molecule has 0 aromatic heterocycles. The van der Waals surface area contributed by atoms with Crippen molar-refractivity contribution in [1.82, 2.24) is 5.32 Å². The lowest BCUT2D eigenvalue weighted by atomic mass is 9.98. The molecule has 0 saturated heterocycles. The van der Waals surface area contributed by atoms with E-state index in [9.17, 15) is 23.5 Å². The molecule has 4 rings (SSSR count). The van der Waals surface area contributed by atoms with Gasteiger partial charge in [-0.25, -0.2) is 18.4 Å². The highest BCUT2D eigenvalue weighted by Crippen LogP contribution is 2.51. The van der Waals surface area contributed by atoms with Crippen LogP contribution >= 0.6 is 0 Å². The maximum absolute atomic E-state index is 13.0. The van der Waals surface area contributed by atoms with E-state index in [-0.39, 0.29) is 31.8 Å². The number of aliphatic carboxylic acids is 1. The molecule has 152 valence electrons. The van der Waals surface area contributed by atoms with E-state index in [1.54, 1.807) is 0 Å². The molecule has 2 aliphatic rings. The van der Waals surface area contributed by atoms with Crippen LogP contribution in [0.4, 0.5) is 13.6 Å². The van der Waals surface area contributed by atoms with E-state index >= 15 is 0 Å². The summed E-state index contributed by atoms with van der Waals surface area (Å²) in [6.07, 6.45) is -1.08. The van der Waals surface area contributed by atoms with E-state index < -0.39 is 29.9 Å². The Morgan fingerprint density at radius 2 is 1.66 bits per heavy atom. The first-order chi connectivity index (χ1) is 13.9. The predicted molar refractivity (Wildman–Crippen MR) is 102 cm³/mol. The SMILES string of the molecule is O=C(NC(CCC1CC1(F)F)C(=O)O)OCC1c2ccccc2-c2ccccc21. The van der Waals surface area contributed by atoms with Crippen molar-refractivity contribution >= 4 is 12.1 Å². The lowest BCUT2D eigenvalue weighted by Crippen LogP contribution is -2.41. The third-order valence-electron chi connectivity index (χ3n) is 5.69. The van der Waals surface area contributed by atoms with Gasteiger partial charge in [-0.1, -0.05) is 48.5 Å². The van der Waals surface area contributed by atoms with Crippen LogP contribution in [-0.2, 0) is 9.53 Å². The molecule has 7 heteroatoms. The highest BCUT2D eigenvalue weighted by Gasteiger charge is 2.56. The molecule has 2 atom stereocenters. The Kier molecular flexibility index (Phi) is 4.98. The van der Waals surface area contributed by atoms with Crippen LogP contribution in [0.25, 0.3) is 11.1 Å². The van der Waals surface area contributed by atoms with Crippen LogP contribution in [-0.4, -0.2) is 35.7 Å². The molecule has 1 saturated carbocycles. The Balaban J connectivity index is 1.37. The number of carbonyl (C=O) groups excluding carboxylic acids is 1. The average Bonchev–Trinajstić information content (AvgIpc) is 3.18. The highest BCUT2D eigenvalue weighted by molar-refractivity contribution is 5.81. The van der Waals surface area contributed by atoms with Crippen LogP contribution in [0.1, 0.15) is 36.3 Å². The minimum Gasteiger partial charge on any atom is -0.480 e. The first-order valence-corrected chi connectivity index (χ1v) is 9.59. The van der Waals surface area contributed by atoms with Crippen molar-refractivity contribution in [1.29, 1.82) is 0 Å². The minimum absolute atomic E-state index is 0.0492. The fourth-order valence-electron chi connectivity index (χ4n) is 3.99. The summed E-state index contributed by atoms with van der Waals surface area (Å²) in [5, 5.41) is 11.6. The van der Waals surface area contributed by atoms with Gasteiger partial charge < -0.3 is 15.2 Å². The van der Waals surface area contributed by atoms with Crippen LogP contribution in [0.2, 0.25) is 0 Å². The topological polar surface area (TPSA) is 75.6 Å². The summed E-state index contributed by atoms with van der Waals surface area (Å²) in [7, 11) is 0. The van der Waals surface area contributed by atoms with E-state index in [1.807, 2.05) is 48.5 Å². The number of carboxylic acids is 1. The molecule has 2 unspecified atom stereocenters. The molecule has 2 aromatic carbocycles. The fourth-order valence-corrected chi connectivity index (χ4v) is 3.99. The summed E-state index contributed by atoms with van der Waals surface area (Å²) >= 11 is 0. The molecule has 0 bridgehead atoms. The monoisotopic (exact) mass is 401 g/mol. The number of amides is 1. The van der Waals surface area contributed by atoms with Crippen LogP contribution in [0, 0.1) is 5.92 Å². The zero-order valence-corrected chi connectivity index (χ0v) is 15.6. The Labute approximate surface area is 166 Å². The van der Waals surface area contributed by atoms with Crippen molar-refractivity contribution < 1.29 is 28.2 Å². The van der Waals surface area contributed by atoms with Gasteiger partial charge in [0.25, 0.3) is 5.92 Å². The smallest absolute Gasteiger partial charge is 0.407 e. The van der Waals surface area contributed by atoms with Gasteiger partial charge in [0.1, 0.15) is 12.6 Å². The van der Waals surface area contributed by atoms with Crippen molar-refractivity contribution in [3.8, 4) is 11.1 Å². The van der Waals surface area contributed by atoms with Crippen molar-refractivity contribution in [2.45, 2.75) is 37.1 Å². The lowest BCUT2D eigenvalue weighted by molar-refractivity contribution is -0.139. The molecule has 0 aliphatic heterocycles. The first-order valence-electron chi connectivity index (χ1n) is 9.59. The van der Waals surface area contributed by atoms with Crippen molar-refractivity contribution in [2.75, 3.05) is 6.61 Å². The molecule has 5 nitrogen and oxygen atoms in total. The quantitative estimate of drug-likeness (QED) is 0.721. The normalized spacial score (nSPS) is 19.7. The summed E-state index contributed by atoms with van der Waals surface area (Å²) < 4.78 is 31.3. The van der Waals surface area contributed by atoms with E-state index in [1.165, 1.54) is 0 Å². The molecule has 2 aliphatic carbocycles. The summed E-state index contributed by atoms with van der Waals surface area (Å²) in [6.45, 7) is 0.0624. The van der Waals surface area contributed by atoms with E-state index in [2.05, 4.69) is 5.32 Å². The largest absolute Gasteiger partial charge is 0.480 e. The number of benzene rings is 2. The summed E-state index contributed by atoms with van der Waals surface area (Å²) in [6, 6.07) is 14.5. The number of carboxylic acid groups (broad SMARTS) is 1. The number of nitrogens with one attached hydrogen (secondary N) is 1. The van der Waals surface area contributed by atoms with Gasteiger partial charge in [-0.2, -0.15) is 0 Å². The van der Waals surface area contributed by atoms with Crippen LogP contribution in [0.5, 0.6) is 0 Å². The number of alkyl carbamates (subject to hydrolysis) is 1. The summed E-state index contributed by atoms with van der Waals surface area (Å²) in [5.74, 6) is -4.90. The average molecular weight is 401 g/mol. The van der Waals surface area contributed by atoms with Gasteiger partial charge in [-0.15, -0.1) is 0 Å². The molecule has 2 aromatic rings. The second-order valence-corrected chi connectivity index (χ2v) is 7.60.